The van der Waals surface area contributed by atoms with Crippen LogP contribution in [0, 0.1) is 24.7 Å². The van der Waals surface area contributed by atoms with Gasteiger partial charge in [-0.3, -0.25) is 19.1 Å². The van der Waals surface area contributed by atoms with E-state index in [1.165, 1.54) is 36.1 Å². The van der Waals surface area contributed by atoms with Crippen LogP contribution < -0.4 is 31.1 Å². The Balaban J connectivity index is 0.902. The van der Waals surface area contributed by atoms with Gasteiger partial charge in [-0.25, -0.2) is 9.78 Å². The first-order valence-electron chi connectivity index (χ1n) is 18.5. The molecule has 6 aliphatic rings. The number of urea groups is 1. The van der Waals surface area contributed by atoms with Crippen LogP contribution in [0.2, 0.25) is 0 Å². The molecule has 270 valence electrons. The van der Waals surface area contributed by atoms with E-state index in [1.54, 1.807) is 25.4 Å². The third-order valence-electron chi connectivity index (χ3n) is 11.7. The average Bonchev–Trinajstić information content (AvgIpc) is 3.95. The quantitative estimate of drug-likeness (QED) is 0.241. The molecule has 1 saturated heterocycles. The van der Waals surface area contributed by atoms with Crippen molar-refractivity contribution >= 4 is 40.4 Å². The van der Waals surface area contributed by atoms with Crippen molar-refractivity contribution in [2.75, 3.05) is 43.5 Å². The number of nitrogens with zero attached hydrogens (tertiary/aromatic N) is 7. The monoisotopic (exact) mass is 704 g/mol. The zero-order chi connectivity index (χ0) is 35.6. The number of amides is 3. The lowest BCUT2D eigenvalue weighted by atomic mass is 9.53. The highest BCUT2D eigenvalue weighted by molar-refractivity contribution is 5.93. The van der Waals surface area contributed by atoms with E-state index in [0.29, 0.717) is 54.5 Å². The minimum atomic E-state index is -0.289. The van der Waals surface area contributed by atoms with E-state index in [9.17, 15) is 14.4 Å². The second-order valence-electron chi connectivity index (χ2n) is 15.5. The molecule has 3 amide bonds. The molecular weight excluding hydrogens is 660 g/mol. The molecule has 52 heavy (non-hydrogen) atoms. The summed E-state index contributed by atoms with van der Waals surface area (Å²) in [7, 11) is 1.56. The van der Waals surface area contributed by atoms with Crippen LogP contribution in [0.25, 0.3) is 16.7 Å². The highest BCUT2D eigenvalue weighted by Gasteiger charge is 2.52. The number of aromatic nitrogens is 5. The Morgan fingerprint density at radius 3 is 2.35 bits per heavy atom. The number of nitrogens with one attached hydrogen (secondary N) is 3. The summed E-state index contributed by atoms with van der Waals surface area (Å²) >= 11 is 0. The SMILES string of the molecule is COc1nc(N2CCN(C(=O)NC34CC5CC(CC(C5)C3)C4)CC2)ccc1Nc1ncc2c(C)cc(=O)n(-c3ccnc(C(=O)NC4CC4)c3)c2n1. The molecular formula is C38H44N10O4. The minimum Gasteiger partial charge on any atom is -0.479 e. The van der Waals surface area contributed by atoms with Crippen molar-refractivity contribution in [2.24, 2.45) is 17.8 Å². The van der Waals surface area contributed by atoms with Gasteiger partial charge in [0.05, 0.1) is 12.8 Å². The Kier molecular flexibility index (Phi) is 8.00. The molecule has 0 spiro atoms. The maximum atomic E-state index is 13.4. The van der Waals surface area contributed by atoms with E-state index in [1.807, 2.05) is 24.0 Å². The summed E-state index contributed by atoms with van der Waals surface area (Å²) in [6, 6.07) is 8.86. The fraction of sp³-hybridized carbons (Fsp3) is 0.500. The Labute approximate surface area is 301 Å². The third-order valence-corrected chi connectivity index (χ3v) is 11.7. The lowest BCUT2D eigenvalue weighted by Gasteiger charge is -2.57. The summed E-state index contributed by atoms with van der Waals surface area (Å²) in [6.07, 6.45) is 12.6. The Morgan fingerprint density at radius 1 is 0.923 bits per heavy atom. The molecule has 0 aromatic carbocycles. The lowest BCUT2D eigenvalue weighted by molar-refractivity contribution is -0.0157. The van der Waals surface area contributed by atoms with Gasteiger partial charge < -0.3 is 30.5 Å². The first-order chi connectivity index (χ1) is 25.2. The van der Waals surface area contributed by atoms with Crippen molar-refractivity contribution in [1.82, 2.24) is 40.0 Å². The zero-order valence-electron chi connectivity index (χ0n) is 29.6. The third kappa shape index (κ3) is 6.17. The van der Waals surface area contributed by atoms with Gasteiger partial charge in [-0.05, 0) is 106 Å². The number of rotatable bonds is 8. The molecule has 5 heterocycles. The topological polar surface area (TPSA) is 160 Å². The summed E-state index contributed by atoms with van der Waals surface area (Å²) < 4.78 is 7.16. The number of aryl methyl sites for hydroxylation is 1. The largest absolute Gasteiger partial charge is 0.479 e. The molecule has 4 aromatic heterocycles. The Morgan fingerprint density at radius 2 is 1.65 bits per heavy atom. The van der Waals surface area contributed by atoms with Gasteiger partial charge in [0, 0.05) is 61.6 Å². The molecule has 4 aromatic rings. The highest BCUT2D eigenvalue weighted by atomic mass is 16.5. The standard InChI is InChI=1S/C38H44N10O4/c1-22-13-32(49)48(27-7-8-39-30(17-27)34(50)41-26-3-4-26)33-28(22)21-40-36(44-33)42-29-5-6-31(43-35(29)52-2)46-9-11-47(12-10-46)37(51)45-38-18-23-14-24(19-38)16-25(15-23)20-38/h5-8,13,17,21,23-26H,3-4,9-12,14-16,18-20H2,1-2H3,(H,41,50)(H,45,51)(H,40,42,44). The molecule has 0 unspecified atom stereocenters. The molecule has 6 fully saturated rings. The predicted molar refractivity (Wildman–Crippen MR) is 195 cm³/mol. The number of pyridine rings is 3. The summed E-state index contributed by atoms with van der Waals surface area (Å²) in [6.45, 7) is 4.42. The van der Waals surface area contributed by atoms with Crippen LogP contribution in [0.15, 0.2) is 47.5 Å². The molecule has 10 rings (SSSR count). The Bertz CT molecular complexity index is 2090. The number of carbonyl (C=O) groups excluding carboxylic acids is 2. The van der Waals surface area contributed by atoms with Crippen molar-refractivity contribution in [1.29, 1.82) is 0 Å². The molecule has 5 saturated carbocycles. The maximum absolute atomic E-state index is 13.4. The van der Waals surface area contributed by atoms with E-state index >= 15 is 0 Å². The molecule has 1 aliphatic heterocycles. The van der Waals surface area contributed by atoms with Gasteiger partial charge >= 0.3 is 6.03 Å². The van der Waals surface area contributed by atoms with Crippen molar-refractivity contribution in [2.45, 2.75) is 69.9 Å². The predicted octanol–water partition coefficient (Wildman–Crippen LogP) is 4.32. The average molecular weight is 705 g/mol. The second-order valence-corrected chi connectivity index (χ2v) is 15.5. The van der Waals surface area contributed by atoms with Crippen molar-refractivity contribution in [3.63, 3.8) is 0 Å². The van der Waals surface area contributed by atoms with E-state index < -0.39 is 0 Å². The molecule has 5 aliphatic carbocycles. The smallest absolute Gasteiger partial charge is 0.317 e. The summed E-state index contributed by atoms with van der Waals surface area (Å²) in [5.41, 5.74) is 2.10. The molecule has 0 atom stereocenters. The second kappa shape index (κ2) is 12.7. The first-order valence-corrected chi connectivity index (χ1v) is 18.5. The fourth-order valence-electron chi connectivity index (χ4n) is 9.42. The van der Waals surface area contributed by atoms with Gasteiger partial charge in [0.1, 0.15) is 17.2 Å². The van der Waals surface area contributed by atoms with Gasteiger partial charge in [-0.15, -0.1) is 0 Å². The molecule has 4 bridgehead atoms. The molecule has 3 N–H and O–H groups in total. The van der Waals surface area contributed by atoms with Crippen LogP contribution in [-0.2, 0) is 0 Å². The summed E-state index contributed by atoms with van der Waals surface area (Å²) in [4.78, 5) is 62.0. The number of methoxy groups -OCH3 is 1. The number of piperazine rings is 1. The van der Waals surface area contributed by atoms with E-state index in [2.05, 4.69) is 30.8 Å². The first kappa shape index (κ1) is 32.6. The van der Waals surface area contributed by atoms with Crippen molar-refractivity contribution in [3.05, 3.63) is 64.3 Å². The van der Waals surface area contributed by atoms with Gasteiger partial charge in [0.25, 0.3) is 11.5 Å². The van der Waals surface area contributed by atoms with E-state index in [0.717, 1.165) is 61.2 Å². The lowest BCUT2D eigenvalue weighted by Crippen LogP contribution is -2.63. The number of hydrogen-bond acceptors (Lipinski definition) is 10. The van der Waals surface area contributed by atoms with Crippen LogP contribution in [0.4, 0.5) is 22.2 Å². The van der Waals surface area contributed by atoms with Crippen LogP contribution >= 0.6 is 0 Å². The molecule has 0 radical (unpaired) electrons. The molecule has 14 heteroatoms. The number of fused-ring (bicyclic) bond motifs is 1. The van der Waals surface area contributed by atoms with E-state index in [4.69, 9.17) is 14.7 Å². The van der Waals surface area contributed by atoms with Gasteiger partial charge in [0.15, 0.2) is 5.65 Å². The molecule has 14 nitrogen and oxygen atoms in total. The maximum Gasteiger partial charge on any atom is 0.317 e. The summed E-state index contributed by atoms with van der Waals surface area (Å²) in [5.74, 6) is 3.46. The van der Waals surface area contributed by atoms with Crippen LogP contribution in [0.5, 0.6) is 5.88 Å². The van der Waals surface area contributed by atoms with Crippen LogP contribution in [-0.4, -0.2) is 86.2 Å². The highest BCUT2D eigenvalue weighted by Crippen LogP contribution is 2.55. The number of anilines is 3. The number of carbonyl (C=O) groups is 2. The van der Waals surface area contributed by atoms with Gasteiger partial charge in [-0.2, -0.15) is 9.97 Å². The van der Waals surface area contributed by atoms with Crippen LogP contribution in [0.1, 0.15) is 67.4 Å². The number of ether oxygens (including phenoxy) is 1. The Hall–Kier alpha value is -5.27. The van der Waals surface area contributed by atoms with Crippen molar-refractivity contribution in [3.8, 4) is 11.6 Å². The van der Waals surface area contributed by atoms with Crippen LogP contribution in [0.3, 0.4) is 0 Å². The zero-order valence-corrected chi connectivity index (χ0v) is 29.6. The van der Waals surface area contributed by atoms with Gasteiger partial charge in [-0.1, -0.05) is 0 Å². The fourth-order valence-corrected chi connectivity index (χ4v) is 9.42. The number of hydrogen-bond donors (Lipinski definition) is 3. The minimum absolute atomic E-state index is 0.00160. The summed E-state index contributed by atoms with van der Waals surface area (Å²) in [5, 5.41) is 10.4. The van der Waals surface area contributed by atoms with Crippen molar-refractivity contribution < 1.29 is 14.3 Å². The van der Waals surface area contributed by atoms with E-state index in [-0.39, 0.29) is 40.7 Å². The normalized spacial score (nSPS) is 24.9. The van der Waals surface area contributed by atoms with Gasteiger partial charge in [0.2, 0.25) is 11.8 Å².